The average Bonchev–Trinajstić information content (AvgIpc) is 3.16. The van der Waals surface area contributed by atoms with Crippen LogP contribution < -0.4 is 0 Å². The van der Waals surface area contributed by atoms with Crippen LogP contribution in [0.2, 0.25) is 0 Å². The summed E-state index contributed by atoms with van der Waals surface area (Å²) >= 11 is 0. The highest BCUT2D eigenvalue weighted by Gasteiger charge is 2.48. The summed E-state index contributed by atoms with van der Waals surface area (Å²) in [6.07, 6.45) is 0.186. The maximum Gasteiger partial charge on any atom is 0.337 e. The average molecular weight is 440 g/mol. The Hall–Kier alpha value is -3.86. The molecule has 5 nitrogen and oxygen atoms in total. The van der Waals surface area contributed by atoms with Crippen molar-refractivity contribution >= 4 is 23.3 Å². The summed E-state index contributed by atoms with van der Waals surface area (Å²) in [4.78, 5) is 51.4. The van der Waals surface area contributed by atoms with E-state index < -0.39 is 17.8 Å². The first-order chi connectivity index (χ1) is 15.9. The fourth-order valence-electron chi connectivity index (χ4n) is 4.80. The van der Waals surface area contributed by atoms with Gasteiger partial charge in [-0.05, 0) is 30.2 Å². The monoisotopic (exact) mass is 440 g/mol. The van der Waals surface area contributed by atoms with Gasteiger partial charge in [-0.25, -0.2) is 4.79 Å². The molecular weight excluding hydrogens is 416 g/mol. The van der Waals surface area contributed by atoms with Crippen LogP contribution in [0.15, 0.2) is 78.9 Å². The van der Waals surface area contributed by atoms with Gasteiger partial charge in [-0.1, -0.05) is 66.7 Å². The zero-order valence-corrected chi connectivity index (χ0v) is 18.5. The van der Waals surface area contributed by atoms with Gasteiger partial charge in [0.1, 0.15) is 5.78 Å². The van der Waals surface area contributed by atoms with Crippen molar-refractivity contribution in [2.24, 2.45) is 5.92 Å². The van der Waals surface area contributed by atoms with Gasteiger partial charge in [-0.3, -0.25) is 9.59 Å². The molecule has 0 fully saturated rings. The largest absolute Gasteiger partial charge is 0.465 e. The van der Waals surface area contributed by atoms with Crippen molar-refractivity contribution in [3.05, 3.63) is 107 Å². The van der Waals surface area contributed by atoms with Crippen LogP contribution in [0.1, 0.15) is 67.4 Å². The number of carbonyl (C=O) groups excluding carboxylic acids is 4. The summed E-state index contributed by atoms with van der Waals surface area (Å²) in [7, 11) is 1.30. The highest BCUT2D eigenvalue weighted by Crippen LogP contribution is 2.50. The number of Topliss-reactive ketones (excluding diaryl/α,β-unsaturated/α-hetero) is 3. The van der Waals surface area contributed by atoms with Gasteiger partial charge in [-0.2, -0.15) is 0 Å². The number of benzene rings is 3. The molecule has 0 amide bonds. The van der Waals surface area contributed by atoms with Crippen molar-refractivity contribution in [3.8, 4) is 0 Å². The van der Waals surface area contributed by atoms with Gasteiger partial charge in [0.2, 0.25) is 0 Å². The predicted molar refractivity (Wildman–Crippen MR) is 124 cm³/mol. The second-order valence-electron chi connectivity index (χ2n) is 8.31. The fraction of sp³-hybridized carbons (Fsp3) is 0.214. The van der Waals surface area contributed by atoms with Crippen LogP contribution in [0.3, 0.4) is 0 Å². The van der Waals surface area contributed by atoms with Crippen LogP contribution in [-0.2, 0) is 9.53 Å². The zero-order chi connectivity index (χ0) is 23.5. The lowest BCUT2D eigenvalue weighted by molar-refractivity contribution is -0.117. The van der Waals surface area contributed by atoms with Gasteiger partial charge in [0, 0.05) is 29.4 Å². The highest BCUT2D eigenvalue weighted by molar-refractivity contribution is 6.09. The molecule has 1 aliphatic carbocycles. The van der Waals surface area contributed by atoms with E-state index in [1.807, 2.05) is 30.3 Å². The third-order valence-corrected chi connectivity index (χ3v) is 6.26. The minimum absolute atomic E-state index is 0.0313. The third kappa shape index (κ3) is 4.27. The number of fused-ring (bicyclic) bond motifs is 1. The molecule has 1 aliphatic rings. The van der Waals surface area contributed by atoms with Gasteiger partial charge < -0.3 is 9.53 Å². The Balaban J connectivity index is 1.80. The molecule has 0 saturated carbocycles. The van der Waals surface area contributed by atoms with Crippen molar-refractivity contribution in [2.75, 3.05) is 7.11 Å². The van der Waals surface area contributed by atoms with Crippen molar-refractivity contribution in [3.63, 3.8) is 0 Å². The van der Waals surface area contributed by atoms with Crippen molar-refractivity contribution < 1.29 is 23.9 Å². The summed E-state index contributed by atoms with van der Waals surface area (Å²) in [6.45, 7) is 1.51. The van der Waals surface area contributed by atoms with E-state index in [4.69, 9.17) is 4.74 Å². The Bertz CT molecular complexity index is 1210. The Morgan fingerprint density at radius 1 is 0.697 bits per heavy atom. The van der Waals surface area contributed by atoms with Crippen molar-refractivity contribution in [1.82, 2.24) is 0 Å². The van der Waals surface area contributed by atoms with E-state index in [0.717, 1.165) is 11.1 Å². The second kappa shape index (κ2) is 9.33. The summed E-state index contributed by atoms with van der Waals surface area (Å²) in [6, 6.07) is 22.6. The maximum absolute atomic E-state index is 13.8. The van der Waals surface area contributed by atoms with Gasteiger partial charge in [0.05, 0.1) is 18.6 Å². The van der Waals surface area contributed by atoms with E-state index in [2.05, 4.69) is 0 Å². The molecule has 0 radical (unpaired) electrons. The first kappa shape index (κ1) is 22.3. The number of hydrogen-bond donors (Lipinski definition) is 0. The van der Waals surface area contributed by atoms with Crippen LogP contribution >= 0.6 is 0 Å². The molecule has 0 saturated heterocycles. The molecule has 0 aliphatic heterocycles. The number of ketones is 3. The van der Waals surface area contributed by atoms with Crippen LogP contribution in [0, 0.1) is 5.92 Å². The number of ether oxygens (including phenoxy) is 1. The Morgan fingerprint density at radius 3 is 1.85 bits per heavy atom. The number of carbonyl (C=O) groups is 4. The molecule has 0 bridgehead atoms. The molecule has 0 aromatic heterocycles. The molecule has 0 unspecified atom stereocenters. The van der Waals surface area contributed by atoms with Crippen LogP contribution in [-0.4, -0.2) is 30.4 Å². The van der Waals surface area contributed by atoms with E-state index in [-0.39, 0.29) is 29.7 Å². The van der Waals surface area contributed by atoms with Crippen molar-refractivity contribution in [1.29, 1.82) is 0 Å². The van der Waals surface area contributed by atoms with Crippen LogP contribution in [0.4, 0.5) is 0 Å². The molecule has 0 N–H and O–H groups in total. The fourth-order valence-corrected chi connectivity index (χ4v) is 4.80. The van der Waals surface area contributed by atoms with Gasteiger partial charge in [0.15, 0.2) is 11.6 Å². The highest BCUT2D eigenvalue weighted by atomic mass is 16.5. The number of esters is 1. The number of methoxy groups -OCH3 is 1. The molecule has 166 valence electrons. The lowest BCUT2D eigenvalue weighted by Gasteiger charge is -2.23. The van der Waals surface area contributed by atoms with Crippen LogP contribution in [0.25, 0.3) is 0 Å². The summed E-state index contributed by atoms with van der Waals surface area (Å²) in [5.74, 6) is -2.67. The predicted octanol–water partition coefficient (Wildman–Crippen LogP) is 5.02. The Kier molecular flexibility index (Phi) is 6.31. The molecule has 3 atom stereocenters. The molecule has 3 aromatic rings. The Morgan fingerprint density at radius 2 is 1.24 bits per heavy atom. The number of rotatable bonds is 7. The van der Waals surface area contributed by atoms with Gasteiger partial charge >= 0.3 is 5.97 Å². The van der Waals surface area contributed by atoms with Crippen LogP contribution in [0.5, 0.6) is 0 Å². The van der Waals surface area contributed by atoms with E-state index in [0.29, 0.717) is 16.7 Å². The minimum atomic E-state index is -0.720. The molecular formula is C28H24O5. The van der Waals surface area contributed by atoms with E-state index in [9.17, 15) is 19.2 Å². The first-order valence-electron chi connectivity index (χ1n) is 10.8. The topological polar surface area (TPSA) is 77.5 Å². The smallest absolute Gasteiger partial charge is 0.337 e. The quantitative estimate of drug-likeness (QED) is 0.381. The molecule has 33 heavy (non-hydrogen) atoms. The Labute approximate surface area is 192 Å². The lowest BCUT2D eigenvalue weighted by atomic mass is 9.76. The van der Waals surface area contributed by atoms with Crippen molar-refractivity contribution in [2.45, 2.75) is 25.2 Å². The van der Waals surface area contributed by atoms with E-state index in [1.165, 1.54) is 14.0 Å². The minimum Gasteiger partial charge on any atom is -0.465 e. The SMILES string of the molecule is COC(=O)c1ccc(C(=O)[C@@H]2c3ccccc3[C@@H](CC(C)=O)[C@H]2C(=O)c2ccccc2)cc1. The number of hydrogen-bond acceptors (Lipinski definition) is 5. The summed E-state index contributed by atoms with van der Waals surface area (Å²) in [5, 5.41) is 0. The van der Waals surface area contributed by atoms with E-state index >= 15 is 0 Å². The normalized spacial score (nSPS) is 18.9. The summed E-state index contributed by atoms with van der Waals surface area (Å²) in [5.41, 5.74) is 2.90. The molecule has 4 rings (SSSR count). The molecule has 0 spiro atoms. The lowest BCUT2D eigenvalue weighted by Crippen LogP contribution is -2.28. The third-order valence-electron chi connectivity index (χ3n) is 6.26. The summed E-state index contributed by atoms with van der Waals surface area (Å²) < 4.78 is 4.73. The standard InChI is InChI=1S/C28H24O5/c1-17(29)16-23-21-10-6-7-11-22(21)24(25(23)26(30)18-8-4-3-5-9-18)27(31)19-12-14-20(15-13-19)28(32)33-2/h3-15,23-25H,16H2,1-2H3/t23-,24-,25-/m1/s1. The molecule has 3 aromatic carbocycles. The van der Waals surface area contributed by atoms with Gasteiger partial charge in [0.25, 0.3) is 0 Å². The molecule has 5 heteroatoms. The first-order valence-corrected chi connectivity index (χ1v) is 10.8. The maximum atomic E-state index is 13.8. The second-order valence-corrected chi connectivity index (χ2v) is 8.31. The van der Waals surface area contributed by atoms with E-state index in [1.54, 1.807) is 48.5 Å². The van der Waals surface area contributed by atoms with Gasteiger partial charge in [-0.15, -0.1) is 0 Å². The zero-order valence-electron chi connectivity index (χ0n) is 18.5. The molecule has 0 heterocycles.